The number of hydrogen-bond acceptors (Lipinski definition) is 3. The Morgan fingerprint density at radius 2 is 1.83 bits per heavy atom. The lowest BCUT2D eigenvalue weighted by Gasteiger charge is -2.12. The van der Waals surface area contributed by atoms with Crippen LogP contribution in [0.1, 0.15) is 25.3 Å². The van der Waals surface area contributed by atoms with Crippen molar-refractivity contribution >= 4 is 22.5 Å². The molecule has 1 aromatic heterocycles. The maximum Gasteiger partial charge on any atom is 0.133 e. The van der Waals surface area contributed by atoms with Crippen molar-refractivity contribution in [3.63, 3.8) is 0 Å². The van der Waals surface area contributed by atoms with Crippen molar-refractivity contribution in [1.82, 2.24) is 4.98 Å². The zero-order chi connectivity index (χ0) is 13.3. The first-order chi connectivity index (χ1) is 8.56. The minimum absolute atomic E-state index is 0.321. The summed E-state index contributed by atoms with van der Waals surface area (Å²) >= 11 is 6.20. The smallest absolute Gasteiger partial charge is 0.133 e. The lowest BCUT2D eigenvalue weighted by molar-refractivity contribution is 0.398. The topological polar surface area (TPSA) is 31.4 Å². The minimum atomic E-state index is 0.321. The van der Waals surface area contributed by atoms with Crippen molar-refractivity contribution in [2.24, 2.45) is 0 Å². The van der Waals surface area contributed by atoms with E-state index in [2.05, 4.69) is 18.8 Å². The molecule has 96 valence electrons. The van der Waals surface area contributed by atoms with Gasteiger partial charge >= 0.3 is 0 Å². The van der Waals surface area contributed by atoms with Crippen LogP contribution in [0.25, 0.3) is 10.9 Å². The first-order valence-corrected chi connectivity index (χ1v) is 6.16. The Kier molecular flexibility index (Phi) is 3.62. The zero-order valence-electron chi connectivity index (χ0n) is 11.0. The summed E-state index contributed by atoms with van der Waals surface area (Å²) in [5, 5.41) is 1.49. The Labute approximate surface area is 112 Å². The number of benzene rings is 1. The first kappa shape index (κ1) is 13.0. The van der Waals surface area contributed by atoms with Crippen molar-refractivity contribution in [3.8, 4) is 11.5 Å². The van der Waals surface area contributed by atoms with E-state index in [-0.39, 0.29) is 0 Å². The average Bonchev–Trinajstić information content (AvgIpc) is 2.35. The molecule has 4 heteroatoms. The molecule has 0 radical (unpaired) electrons. The Morgan fingerprint density at radius 3 is 2.39 bits per heavy atom. The van der Waals surface area contributed by atoms with Gasteiger partial charge in [-0.25, -0.2) is 4.98 Å². The van der Waals surface area contributed by atoms with Gasteiger partial charge in [-0.15, -0.1) is 0 Å². The van der Waals surface area contributed by atoms with Gasteiger partial charge in [-0.05, 0) is 17.5 Å². The van der Waals surface area contributed by atoms with Crippen LogP contribution >= 0.6 is 11.6 Å². The largest absolute Gasteiger partial charge is 0.497 e. The number of ether oxygens (including phenoxy) is 2. The molecule has 2 aromatic rings. The van der Waals surface area contributed by atoms with Crippen LogP contribution in [0.3, 0.4) is 0 Å². The Morgan fingerprint density at radius 1 is 1.11 bits per heavy atom. The second-order valence-corrected chi connectivity index (χ2v) is 4.78. The molecule has 18 heavy (non-hydrogen) atoms. The van der Waals surface area contributed by atoms with E-state index in [1.165, 1.54) is 0 Å². The molecular formula is C14H16ClNO2. The molecule has 0 fully saturated rings. The fourth-order valence-corrected chi connectivity index (χ4v) is 2.27. The molecule has 1 heterocycles. The maximum absolute atomic E-state index is 6.20. The fourth-order valence-electron chi connectivity index (χ4n) is 1.90. The summed E-state index contributed by atoms with van der Waals surface area (Å²) in [5.41, 5.74) is 1.80. The molecule has 0 amide bonds. The van der Waals surface area contributed by atoms with Crippen LogP contribution in [-0.2, 0) is 0 Å². The van der Waals surface area contributed by atoms with Crippen molar-refractivity contribution < 1.29 is 9.47 Å². The van der Waals surface area contributed by atoms with Crippen molar-refractivity contribution in [2.45, 2.75) is 19.8 Å². The molecule has 0 atom stereocenters. The van der Waals surface area contributed by atoms with Gasteiger partial charge in [-0.1, -0.05) is 25.4 Å². The van der Waals surface area contributed by atoms with Crippen molar-refractivity contribution in [2.75, 3.05) is 14.2 Å². The van der Waals surface area contributed by atoms with E-state index in [9.17, 15) is 0 Å². The Hall–Kier alpha value is -1.48. The summed E-state index contributed by atoms with van der Waals surface area (Å²) < 4.78 is 10.6. The molecule has 2 rings (SSSR count). The van der Waals surface area contributed by atoms with E-state index >= 15 is 0 Å². The van der Waals surface area contributed by atoms with Gasteiger partial charge in [-0.2, -0.15) is 0 Å². The monoisotopic (exact) mass is 265 g/mol. The Bertz CT molecular complexity index is 582. The second kappa shape index (κ2) is 5.02. The first-order valence-electron chi connectivity index (χ1n) is 5.79. The summed E-state index contributed by atoms with van der Waals surface area (Å²) in [6.07, 6.45) is 0. The summed E-state index contributed by atoms with van der Waals surface area (Å²) in [6.45, 7) is 4.18. The highest BCUT2D eigenvalue weighted by molar-refractivity contribution is 6.30. The molecule has 0 aliphatic heterocycles. The molecule has 0 aliphatic carbocycles. The summed E-state index contributed by atoms with van der Waals surface area (Å²) in [6, 6.07) is 5.74. The minimum Gasteiger partial charge on any atom is -0.497 e. The molecule has 0 bridgehead atoms. The highest BCUT2D eigenvalue weighted by atomic mass is 35.5. The van der Waals surface area contributed by atoms with Gasteiger partial charge in [0.25, 0.3) is 0 Å². The van der Waals surface area contributed by atoms with Crippen molar-refractivity contribution in [1.29, 1.82) is 0 Å². The molecule has 1 aromatic carbocycles. The molecule has 0 aliphatic rings. The summed E-state index contributed by atoms with van der Waals surface area (Å²) in [5.74, 6) is 1.77. The van der Waals surface area contributed by atoms with E-state index in [1.807, 2.05) is 18.2 Å². The molecule has 0 saturated heterocycles. The molecule has 0 saturated carbocycles. The normalized spacial score (nSPS) is 11.0. The van der Waals surface area contributed by atoms with Crippen LogP contribution in [-0.4, -0.2) is 19.2 Å². The number of pyridine rings is 1. The zero-order valence-corrected chi connectivity index (χ0v) is 11.7. The van der Waals surface area contributed by atoms with E-state index in [0.717, 1.165) is 22.2 Å². The molecular weight excluding hydrogens is 250 g/mol. The quantitative estimate of drug-likeness (QED) is 0.785. The van der Waals surface area contributed by atoms with Crippen LogP contribution in [0.5, 0.6) is 11.5 Å². The van der Waals surface area contributed by atoms with Crippen molar-refractivity contribution in [3.05, 3.63) is 28.9 Å². The highest BCUT2D eigenvalue weighted by Gasteiger charge is 2.12. The van der Waals surface area contributed by atoms with Gasteiger partial charge < -0.3 is 9.47 Å². The predicted molar refractivity (Wildman–Crippen MR) is 73.9 cm³/mol. The number of methoxy groups -OCH3 is 2. The molecule has 3 nitrogen and oxygen atoms in total. The van der Waals surface area contributed by atoms with Crippen LogP contribution < -0.4 is 9.47 Å². The van der Waals surface area contributed by atoms with Gasteiger partial charge in [-0.3, -0.25) is 0 Å². The molecule has 0 N–H and O–H groups in total. The van der Waals surface area contributed by atoms with Gasteiger partial charge in [0.2, 0.25) is 0 Å². The number of aromatic nitrogens is 1. The van der Waals surface area contributed by atoms with Gasteiger partial charge in [0, 0.05) is 17.5 Å². The van der Waals surface area contributed by atoms with E-state index in [1.54, 1.807) is 14.2 Å². The number of halogens is 1. The number of rotatable bonds is 3. The Balaban J connectivity index is 2.75. The maximum atomic E-state index is 6.20. The van der Waals surface area contributed by atoms with Crippen LogP contribution in [0, 0.1) is 0 Å². The van der Waals surface area contributed by atoms with Gasteiger partial charge in [0.1, 0.15) is 16.7 Å². The standard InChI is InChI=1S/C14H16ClNO2/c1-8(2)10-7-11-12(16-14(10)15)5-9(17-3)6-13(11)18-4/h5-8H,1-4H3. The van der Waals surface area contributed by atoms with Gasteiger partial charge in [0.15, 0.2) is 0 Å². The number of nitrogens with zero attached hydrogens (tertiary/aromatic N) is 1. The lowest BCUT2D eigenvalue weighted by atomic mass is 10.0. The summed E-state index contributed by atoms with van der Waals surface area (Å²) in [7, 11) is 3.25. The van der Waals surface area contributed by atoms with Gasteiger partial charge in [0.05, 0.1) is 19.7 Å². The average molecular weight is 266 g/mol. The van der Waals surface area contributed by atoms with E-state index in [0.29, 0.717) is 16.8 Å². The summed E-state index contributed by atoms with van der Waals surface area (Å²) in [4.78, 5) is 4.42. The third-order valence-corrected chi connectivity index (χ3v) is 3.23. The van der Waals surface area contributed by atoms with E-state index < -0.39 is 0 Å². The third kappa shape index (κ3) is 2.23. The number of hydrogen-bond donors (Lipinski definition) is 0. The highest BCUT2D eigenvalue weighted by Crippen LogP contribution is 2.34. The number of fused-ring (bicyclic) bond motifs is 1. The lowest BCUT2D eigenvalue weighted by Crippen LogP contribution is -1.95. The molecule has 0 spiro atoms. The van der Waals surface area contributed by atoms with Crippen LogP contribution in [0.4, 0.5) is 0 Å². The second-order valence-electron chi connectivity index (χ2n) is 4.42. The van der Waals surface area contributed by atoms with Crippen LogP contribution in [0.15, 0.2) is 18.2 Å². The van der Waals surface area contributed by atoms with E-state index in [4.69, 9.17) is 21.1 Å². The predicted octanol–water partition coefficient (Wildman–Crippen LogP) is 4.03. The fraction of sp³-hybridized carbons (Fsp3) is 0.357. The van der Waals surface area contributed by atoms with Crippen LogP contribution in [0.2, 0.25) is 5.15 Å². The third-order valence-electron chi connectivity index (χ3n) is 2.93. The SMILES string of the molecule is COc1cc(OC)c2cc(C(C)C)c(Cl)nc2c1. The molecule has 0 unspecified atom stereocenters.